The van der Waals surface area contributed by atoms with Crippen LogP contribution < -0.4 is 14.2 Å². The second-order valence-corrected chi connectivity index (χ2v) is 8.11. The van der Waals surface area contributed by atoms with Crippen LogP contribution in [0.2, 0.25) is 10.0 Å². The normalized spacial score (nSPS) is 10.8. The van der Waals surface area contributed by atoms with Gasteiger partial charge in [-0.1, -0.05) is 41.4 Å². The SMILES string of the molecule is COc1ccc(/C=C/C(=O)c2cccnc2Oc2cc(Cl)c(Cl)cc2OCCN(C)C)cc1.Cl. The van der Waals surface area contributed by atoms with E-state index >= 15 is 0 Å². The van der Waals surface area contributed by atoms with Crippen LogP contribution in [0, 0.1) is 0 Å². The molecule has 0 N–H and O–H groups in total. The Balaban J connectivity index is 0.00000408. The van der Waals surface area contributed by atoms with Gasteiger partial charge in [0, 0.05) is 24.9 Å². The van der Waals surface area contributed by atoms with Crippen LogP contribution in [-0.4, -0.2) is 50.0 Å². The van der Waals surface area contributed by atoms with E-state index < -0.39 is 0 Å². The molecule has 0 fully saturated rings. The van der Waals surface area contributed by atoms with Crippen LogP contribution in [0.3, 0.4) is 0 Å². The van der Waals surface area contributed by atoms with Gasteiger partial charge in [-0.25, -0.2) is 4.98 Å². The number of likely N-dealkylation sites (N-methyl/N-ethyl adjacent to an activating group) is 1. The number of carbonyl (C=O) groups excluding carboxylic acids is 1. The molecule has 6 nitrogen and oxygen atoms in total. The van der Waals surface area contributed by atoms with Gasteiger partial charge in [0.05, 0.1) is 22.7 Å². The first-order valence-corrected chi connectivity index (χ1v) is 10.9. The molecule has 0 bridgehead atoms. The van der Waals surface area contributed by atoms with Gasteiger partial charge < -0.3 is 19.1 Å². The van der Waals surface area contributed by atoms with E-state index in [0.29, 0.717) is 40.3 Å². The van der Waals surface area contributed by atoms with Crippen molar-refractivity contribution in [1.82, 2.24) is 9.88 Å². The number of halogens is 3. The lowest BCUT2D eigenvalue weighted by Crippen LogP contribution is -2.19. The van der Waals surface area contributed by atoms with Crippen molar-refractivity contribution in [2.24, 2.45) is 0 Å². The summed E-state index contributed by atoms with van der Waals surface area (Å²) in [6.07, 6.45) is 4.73. The Kier molecular flexibility index (Phi) is 10.7. The molecule has 0 aliphatic rings. The Bertz CT molecular complexity index is 1140. The standard InChI is InChI=1S/C25H24Cl2N2O4.ClH/c1-29(2)13-14-32-23-15-20(26)21(27)16-24(23)33-25-19(5-4-12-28-25)22(30)11-8-17-6-9-18(31-3)10-7-17;/h4-12,15-16H,13-14H2,1-3H3;1H/b11-8+;. The van der Waals surface area contributed by atoms with Crippen LogP contribution in [0.1, 0.15) is 15.9 Å². The summed E-state index contributed by atoms with van der Waals surface area (Å²) in [6.45, 7) is 1.11. The molecule has 0 saturated carbocycles. The number of aromatic nitrogens is 1. The molecule has 0 saturated heterocycles. The number of methoxy groups -OCH3 is 1. The molecule has 3 rings (SSSR count). The number of benzene rings is 2. The van der Waals surface area contributed by atoms with Crippen LogP contribution in [0.25, 0.3) is 6.08 Å². The molecule has 34 heavy (non-hydrogen) atoms. The molecular formula is C25H25Cl3N2O4. The minimum atomic E-state index is -0.260. The van der Waals surface area contributed by atoms with Gasteiger partial charge in [-0.3, -0.25) is 4.79 Å². The van der Waals surface area contributed by atoms with Gasteiger partial charge in [-0.05, 0) is 50.0 Å². The maximum Gasteiger partial charge on any atom is 0.230 e. The molecule has 2 aromatic carbocycles. The number of carbonyl (C=O) groups is 1. The zero-order valence-corrected chi connectivity index (χ0v) is 21.3. The largest absolute Gasteiger partial charge is 0.497 e. The van der Waals surface area contributed by atoms with Crippen molar-refractivity contribution in [2.75, 3.05) is 34.4 Å². The molecule has 0 spiro atoms. The Labute approximate surface area is 215 Å². The fraction of sp³-hybridized carbons (Fsp3) is 0.200. The first kappa shape index (κ1) is 27.5. The van der Waals surface area contributed by atoms with Crippen molar-refractivity contribution >= 4 is 47.5 Å². The Hall–Kier alpha value is -2.77. The summed E-state index contributed by atoms with van der Waals surface area (Å²) < 4.78 is 17.0. The fourth-order valence-corrected chi connectivity index (χ4v) is 3.09. The number of hydrogen-bond acceptors (Lipinski definition) is 6. The van der Waals surface area contributed by atoms with E-state index in [-0.39, 0.29) is 24.1 Å². The van der Waals surface area contributed by atoms with Gasteiger partial charge in [0.1, 0.15) is 12.4 Å². The molecule has 180 valence electrons. The lowest BCUT2D eigenvalue weighted by Gasteiger charge is -2.16. The molecule has 3 aromatic rings. The van der Waals surface area contributed by atoms with Crippen molar-refractivity contribution in [3.63, 3.8) is 0 Å². The zero-order valence-electron chi connectivity index (χ0n) is 19.0. The monoisotopic (exact) mass is 522 g/mol. The van der Waals surface area contributed by atoms with Crippen molar-refractivity contribution in [2.45, 2.75) is 0 Å². The average Bonchev–Trinajstić information content (AvgIpc) is 2.81. The molecule has 0 aliphatic heterocycles. The van der Waals surface area contributed by atoms with Gasteiger partial charge in [0.2, 0.25) is 5.88 Å². The molecule has 0 unspecified atom stereocenters. The van der Waals surface area contributed by atoms with Gasteiger partial charge >= 0.3 is 0 Å². The van der Waals surface area contributed by atoms with Crippen molar-refractivity contribution in [1.29, 1.82) is 0 Å². The summed E-state index contributed by atoms with van der Waals surface area (Å²) in [5.41, 5.74) is 1.16. The highest BCUT2D eigenvalue weighted by molar-refractivity contribution is 6.42. The summed E-state index contributed by atoms with van der Waals surface area (Å²) in [6, 6.07) is 13.8. The van der Waals surface area contributed by atoms with Crippen LogP contribution in [0.4, 0.5) is 0 Å². The first-order chi connectivity index (χ1) is 15.9. The smallest absolute Gasteiger partial charge is 0.230 e. The van der Waals surface area contributed by atoms with E-state index in [0.717, 1.165) is 11.3 Å². The van der Waals surface area contributed by atoms with E-state index in [1.54, 1.807) is 43.6 Å². The van der Waals surface area contributed by atoms with Crippen LogP contribution >= 0.6 is 35.6 Å². The lowest BCUT2D eigenvalue weighted by molar-refractivity contribution is 0.104. The Morgan fingerprint density at radius 1 is 1.06 bits per heavy atom. The van der Waals surface area contributed by atoms with E-state index in [4.69, 9.17) is 37.4 Å². The third kappa shape index (κ3) is 7.64. The first-order valence-electron chi connectivity index (χ1n) is 10.1. The molecular weight excluding hydrogens is 499 g/mol. The number of hydrogen-bond donors (Lipinski definition) is 0. The van der Waals surface area contributed by atoms with Crippen molar-refractivity contribution < 1.29 is 19.0 Å². The average molecular weight is 524 g/mol. The second-order valence-electron chi connectivity index (χ2n) is 7.29. The number of rotatable bonds is 10. The molecule has 1 aromatic heterocycles. The molecule has 0 radical (unpaired) electrons. The van der Waals surface area contributed by atoms with E-state index in [1.165, 1.54) is 6.08 Å². The number of ether oxygens (including phenoxy) is 3. The van der Waals surface area contributed by atoms with Crippen LogP contribution in [0.5, 0.6) is 23.1 Å². The van der Waals surface area contributed by atoms with Crippen LogP contribution in [-0.2, 0) is 0 Å². The predicted octanol–water partition coefficient (Wildman–Crippen LogP) is 6.45. The number of ketones is 1. The highest BCUT2D eigenvalue weighted by Crippen LogP contribution is 2.38. The molecule has 0 atom stereocenters. The molecule has 0 amide bonds. The fourth-order valence-electron chi connectivity index (χ4n) is 2.78. The van der Waals surface area contributed by atoms with Crippen molar-refractivity contribution in [3.8, 4) is 23.1 Å². The lowest BCUT2D eigenvalue weighted by atomic mass is 10.1. The van der Waals surface area contributed by atoms with Crippen molar-refractivity contribution in [3.05, 3.63) is 82.0 Å². The van der Waals surface area contributed by atoms with E-state index in [9.17, 15) is 4.79 Å². The van der Waals surface area contributed by atoms with E-state index in [1.807, 2.05) is 43.3 Å². The number of nitrogens with zero attached hydrogens (tertiary/aromatic N) is 2. The summed E-state index contributed by atoms with van der Waals surface area (Å²) in [5.74, 6) is 1.34. The topological polar surface area (TPSA) is 60.9 Å². The third-order valence-corrected chi connectivity index (χ3v) is 5.29. The Morgan fingerprint density at radius 2 is 1.74 bits per heavy atom. The Morgan fingerprint density at radius 3 is 2.38 bits per heavy atom. The summed E-state index contributed by atoms with van der Waals surface area (Å²) in [5, 5.41) is 0.637. The zero-order chi connectivity index (χ0) is 23.8. The third-order valence-electron chi connectivity index (χ3n) is 4.57. The summed E-state index contributed by atoms with van der Waals surface area (Å²) in [7, 11) is 5.49. The minimum Gasteiger partial charge on any atom is -0.497 e. The highest BCUT2D eigenvalue weighted by atomic mass is 35.5. The highest BCUT2D eigenvalue weighted by Gasteiger charge is 2.17. The number of pyridine rings is 1. The molecule has 0 aliphatic carbocycles. The summed E-state index contributed by atoms with van der Waals surface area (Å²) in [4.78, 5) is 19.1. The maximum absolute atomic E-state index is 12.9. The summed E-state index contributed by atoms with van der Waals surface area (Å²) >= 11 is 12.4. The minimum absolute atomic E-state index is 0. The quantitative estimate of drug-likeness (QED) is 0.225. The van der Waals surface area contributed by atoms with E-state index in [2.05, 4.69) is 4.98 Å². The van der Waals surface area contributed by atoms with Gasteiger partial charge in [-0.2, -0.15) is 0 Å². The molecule has 1 heterocycles. The van der Waals surface area contributed by atoms with Gasteiger partial charge in [0.25, 0.3) is 0 Å². The number of allylic oxidation sites excluding steroid dienone is 1. The second kappa shape index (κ2) is 13.2. The van der Waals surface area contributed by atoms with Crippen LogP contribution in [0.15, 0.2) is 60.8 Å². The van der Waals surface area contributed by atoms with Gasteiger partial charge in [0.15, 0.2) is 17.3 Å². The molecule has 9 heteroatoms. The maximum atomic E-state index is 12.9. The van der Waals surface area contributed by atoms with Gasteiger partial charge in [-0.15, -0.1) is 12.4 Å². The predicted molar refractivity (Wildman–Crippen MR) is 138 cm³/mol.